The molecule has 1 aliphatic rings. The molecular weight excluding hydrogens is 309 g/mol. The van der Waals surface area contributed by atoms with Crippen LogP contribution in [0.15, 0.2) is 30.5 Å². The molecule has 0 spiro atoms. The SMILES string of the molecule is CCCOc1cn(-c2ccc(F)cc2)nc1C(=O)NC1CCCC1. The third-order valence-corrected chi connectivity index (χ3v) is 4.14. The van der Waals surface area contributed by atoms with Gasteiger partial charge in [0.2, 0.25) is 0 Å². The number of hydrogen-bond acceptors (Lipinski definition) is 3. The minimum atomic E-state index is -0.312. The Balaban J connectivity index is 1.84. The van der Waals surface area contributed by atoms with Crippen LogP contribution in [0, 0.1) is 5.82 Å². The number of halogens is 1. The van der Waals surface area contributed by atoms with E-state index in [1.807, 2.05) is 6.92 Å². The monoisotopic (exact) mass is 331 g/mol. The highest BCUT2D eigenvalue weighted by atomic mass is 19.1. The summed E-state index contributed by atoms with van der Waals surface area (Å²) < 4.78 is 20.3. The smallest absolute Gasteiger partial charge is 0.275 e. The zero-order valence-electron chi connectivity index (χ0n) is 13.8. The van der Waals surface area contributed by atoms with Gasteiger partial charge in [0.05, 0.1) is 18.5 Å². The molecule has 0 radical (unpaired) electrons. The summed E-state index contributed by atoms with van der Waals surface area (Å²) in [4.78, 5) is 12.6. The number of carbonyl (C=O) groups excluding carboxylic acids is 1. The minimum absolute atomic E-state index is 0.214. The van der Waals surface area contributed by atoms with Crippen LogP contribution in [0.25, 0.3) is 5.69 Å². The number of ether oxygens (including phenoxy) is 1. The van der Waals surface area contributed by atoms with E-state index in [-0.39, 0.29) is 23.5 Å². The van der Waals surface area contributed by atoms with Gasteiger partial charge in [-0.2, -0.15) is 5.10 Å². The molecule has 1 aliphatic carbocycles. The predicted molar refractivity (Wildman–Crippen MR) is 89.0 cm³/mol. The van der Waals surface area contributed by atoms with E-state index < -0.39 is 0 Å². The van der Waals surface area contributed by atoms with Gasteiger partial charge in [-0.3, -0.25) is 4.79 Å². The van der Waals surface area contributed by atoms with Gasteiger partial charge < -0.3 is 10.1 Å². The number of carbonyl (C=O) groups is 1. The lowest BCUT2D eigenvalue weighted by atomic mass is 10.2. The Bertz CT molecular complexity index is 691. The zero-order valence-corrected chi connectivity index (χ0v) is 13.8. The Morgan fingerprint density at radius 2 is 2.04 bits per heavy atom. The van der Waals surface area contributed by atoms with Gasteiger partial charge in [-0.25, -0.2) is 9.07 Å². The van der Waals surface area contributed by atoms with E-state index >= 15 is 0 Å². The minimum Gasteiger partial charge on any atom is -0.489 e. The fraction of sp³-hybridized carbons (Fsp3) is 0.444. The fourth-order valence-electron chi connectivity index (χ4n) is 2.88. The van der Waals surface area contributed by atoms with Gasteiger partial charge in [-0.1, -0.05) is 19.8 Å². The molecule has 1 N–H and O–H groups in total. The van der Waals surface area contributed by atoms with Crippen molar-refractivity contribution in [2.75, 3.05) is 6.61 Å². The zero-order chi connectivity index (χ0) is 16.9. The summed E-state index contributed by atoms with van der Waals surface area (Å²) in [6.45, 7) is 2.52. The van der Waals surface area contributed by atoms with Crippen LogP contribution in [-0.4, -0.2) is 28.3 Å². The molecule has 3 rings (SSSR count). The first-order chi connectivity index (χ1) is 11.7. The number of nitrogens with one attached hydrogen (secondary N) is 1. The molecule has 0 bridgehead atoms. The summed E-state index contributed by atoms with van der Waals surface area (Å²) in [6, 6.07) is 6.17. The lowest BCUT2D eigenvalue weighted by Crippen LogP contribution is -2.33. The van der Waals surface area contributed by atoms with Gasteiger partial charge in [0.1, 0.15) is 5.82 Å². The summed E-state index contributed by atoms with van der Waals surface area (Å²) in [7, 11) is 0. The van der Waals surface area contributed by atoms with Crippen molar-refractivity contribution >= 4 is 5.91 Å². The quantitative estimate of drug-likeness (QED) is 0.882. The Labute approximate surface area is 140 Å². The average Bonchev–Trinajstić information content (AvgIpc) is 3.23. The number of hydrogen-bond donors (Lipinski definition) is 1. The summed E-state index contributed by atoms with van der Waals surface area (Å²) >= 11 is 0. The van der Waals surface area contributed by atoms with Crippen LogP contribution < -0.4 is 10.1 Å². The maximum atomic E-state index is 13.1. The maximum Gasteiger partial charge on any atom is 0.275 e. The molecule has 24 heavy (non-hydrogen) atoms. The van der Waals surface area contributed by atoms with Gasteiger partial charge in [0, 0.05) is 6.04 Å². The normalized spacial score (nSPS) is 14.8. The predicted octanol–water partition coefficient (Wildman–Crippen LogP) is 3.47. The number of nitrogens with zero attached hydrogens (tertiary/aromatic N) is 2. The van der Waals surface area contributed by atoms with Crippen LogP contribution in [0.2, 0.25) is 0 Å². The molecule has 0 saturated heterocycles. The maximum absolute atomic E-state index is 13.1. The number of amides is 1. The Hall–Kier alpha value is -2.37. The summed E-state index contributed by atoms with van der Waals surface area (Å²) in [6.07, 6.45) is 6.82. The average molecular weight is 331 g/mol. The van der Waals surface area contributed by atoms with Crippen LogP contribution in [0.1, 0.15) is 49.5 Å². The molecule has 1 saturated carbocycles. The van der Waals surface area contributed by atoms with E-state index in [4.69, 9.17) is 4.74 Å². The number of benzene rings is 1. The molecule has 128 valence electrons. The van der Waals surface area contributed by atoms with Crippen LogP contribution in [-0.2, 0) is 0 Å². The summed E-state index contributed by atoms with van der Waals surface area (Å²) in [5, 5.41) is 7.39. The molecule has 1 heterocycles. The Kier molecular flexibility index (Phi) is 5.13. The third-order valence-electron chi connectivity index (χ3n) is 4.14. The standard InChI is InChI=1S/C18H22FN3O2/c1-2-11-24-16-12-22(15-9-7-13(19)8-10-15)21-17(16)18(23)20-14-5-3-4-6-14/h7-10,12,14H,2-6,11H2,1H3,(H,20,23). The second-order valence-corrected chi connectivity index (χ2v) is 6.07. The highest BCUT2D eigenvalue weighted by Crippen LogP contribution is 2.23. The van der Waals surface area contributed by atoms with Gasteiger partial charge in [-0.15, -0.1) is 0 Å². The first-order valence-electron chi connectivity index (χ1n) is 8.46. The van der Waals surface area contributed by atoms with Gasteiger partial charge in [-0.05, 0) is 43.5 Å². The summed E-state index contributed by atoms with van der Waals surface area (Å²) in [5.41, 5.74) is 0.956. The lowest BCUT2D eigenvalue weighted by Gasteiger charge is -2.11. The van der Waals surface area contributed by atoms with Gasteiger partial charge in [0.15, 0.2) is 11.4 Å². The van der Waals surface area contributed by atoms with E-state index in [9.17, 15) is 9.18 Å². The Morgan fingerprint density at radius 1 is 1.33 bits per heavy atom. The van der Waals surface area contributed by atoms with E-state index in [1.54, 1.807) is 23.0 Å². The lowest BCUT2D eigenvalue weighted by molar-refractivity contribution is 0.0928. The van der Waals surface area contributed by atoms with E-state index in [2.05, 4.69) is 10.4 Å². The van der Waals surface area contributed by atoms with Crippen LogP contribution in [0.3, 0.4) is 0 Å². The first-order valence-corrected chi connectivity index (χ1v) is 8.46. The molecule has 6 heteroatoms. The molecule has 5 nitrogen and oxygen atoms in total. The topological polar surface area (TPSA) is 56.2 Å². The number of aromatic nitrogens is 2. The van der Waals surface area contributed by atoms with E-state index in [0.29, 0.717) is 18.0 Å². The molecule has 0 unspecified atom stereocenters. The van der Waals surface area contributed by atoms with E-state index in [0.717, 1.165) is 32.1 Å². The van der Waals surface area contributed by atoms with Crippen LogP contribution in [0.5, 0.6) is 5.75 Å². The first kappa shape index (κ1) is 16.5. The van der Waals surface area contributed by atoms with Crippen LogP contribution in [0.4, 0.5) is 4.39 Å². The highest BCUT2D eigenvalue weighted by molar-refractivity contribution is 5.95. The van der Waals surface area contributed by atoms with Crippen molar-refractivity contribution in [2.45, 2.75) is 45.1 Å². The van der Waals surface area contributed by atoms with Crippen molar-refractivity contribution in [1.82, 2.24) is 15.1 Å². The van der Waals surface area contributed by atoms with Gasteiger partial charge >= 0.3 is 0 Å². The molecule has 1 aromatic carbocycles. The third kappa shape index (κ3) is 3.75. The van der Waals surface area contributed by atoms with Crippen molar-refractivity contribution < 1.29 is 13.9 Å². The van der Waals surface area contributed by atoms with Crippen LogP contribution >= 0.6 is 0 Å². The second kappa shape index (κ2) is 7.47. The molecule has 1 fully saturated rings. The molecule has 1 aromatic heterocycles. The fourth-order valence-corrected chi connectivity index (χ4v) is 2.88. The van der Waals surface area contributed by atoms with Crippen molar-refractivity contribution in [2.24, 2.45) is 0 Å². The largest absolute Gasteiger partial charge is 0.489 e. The second-order valence-electron chi connectivity index (χ2n) is 6.07. The van der Waals surface area contributed by atoms with E-state index in [1.165, 1.54) is 12.1 Å². The molecule has 2 aromatic rings. The van der Waals surface area contributed by atoms with Crippen molar-refractivity contribution in [3.05, 3.63) is 42.0 Å². The molecule has 0 aliphatic heterocycles. The molecule has 0 atom stereocenters. The highest BCUT2D eigenvalue weighted by Gasteiger charge is 2.23. The van der Waals surface area contributed by atoms with Gasteiger partial charge in [0.25, 0.3) is 5.91 Å². The van der Waals surface area contributed by atoms with Crippen molar-refractivity contribution in [1.29, 1.82) is 0 Å². The van der Waals surface area contributed by atoms with Crippen molar-refractivity contribution in [3.8, 4) is 11.4 Å². The molecular formula is C18H22FN3O2. The number of rotatable bonds is 6. The molecule has 1 amide bonds. The summed E-state index contributed by atoms with van der Waals surface area (Å²) in [5.74, 6) is -0.0712. The Morgan fingerprint density at radius 3 is 2.71 bits per heavy atom. The van der Waals surface area contributed by atoms with Crippen molar-refractivity contribution in [3.63, 3.8) is 0 Å².